The maximum Gasteiger partial charge on any atom is 0.266 e. The molecule has 0 bridgehead atoms. The Morgan fingerprint density at radius 3 is 2.68 bits per heavy atom. The Bertz CT molecular complexity index is 1230. The van der Waals surface area contributed by atoms with Crippen molar-refractivity contribution in [3.05, 3.63) is 88.0 Å². The largest absolute Gasteiger partial charge is 0.490 e. The molecule has 34 heavy (non-hydrogen) atoms. The van der Waals surface area contributed by atoms with Crippen molar-refractivity contribution < 1.29 is 14.3 Å². The number of amides is 1. The number of benzene rings is 2. The first kappa shape index (κ1) is 23.9. The summed E-state index contributed by atoms with van der Waals surface area (Å²) in [7, 11) is 0. The Balaban J connectivity index is 1.57. The molecule has 1 fully saturated rings. The molecule has 3 aromatic rings. The number of aliphatic imine (C=N–C) groups is 1. The Kier molecular flexibility index (Phi) is 7.87. The molecule has 1 aliphatic rings. The second-order valence-electron chi connectivity index (χ2n) is 7.28. The minimum atomic E-state index is -0.0767. The molecule has 1 saturated heterocycles. The van der Waals surface area contributed by atoms with E-state index in [4.69, 9.17) is 21.1 Å². The van der Waals surface area contributed by atoms with Gasteiger partial charge < -0.3 is 9.47 Å². The van der Waals surface area contributed by atoms with Crippen LogP contribution in [0, 0.1) is 0 Å². The molecule has 1 aliphatic heterocycles. The second-order valence-corrected chi connectivity index (χ2v) is 8.70. The van der Waals surface area contributed by atoms with Gasteiger partial charge in [-0.1, -0.05) is 35.9 Å². The molecule has 174 valence electrons. The SMILES string of the molecule is CCOc1cc(/C=C2\SC(=Nc3cccnc3)N(CC)C2=O)ccc1OCc1ccccc1Cl. The van der Waals surface area contributed by atoms with Crippen LogP contribution in [0.3, 0.4) is 0 Å². The van der Waals surface area contributed by atoms with Crippen LogP contribution in [0.4, 0.5) is 5.69 Å². The van der Waals surface area contributed by atoms with Gasteiger partial charge in [-0.05, 0) is 67.6 Å². The van der Waals surface area contributed by atoms with Gasteiger partial charge in [0.2, 0.25) is 0 Å². The van der Waals surface area contributed by atoms with E-state index in [0.29, 0.717) is 52.0 Å². The minimum Gasteiger partial charge on any atom is -0.490 e. The van der Waals surface area contributed by atoms with E-state index in [-0.39, 0.29) is 5.91 Å². The number of hydrogen-bond acceptors (Lipinski definition) is 6. The number of halogens is 1. The minimum absolute atomic E-state index is 0.0767. The molecule has 2 aromatic carbocycles. The first-order valence-electron chi connectivity index (χ1n) is 10.9. The third-order valence-corrected chi connectivity index (χ3v) is 6.36. The summed E-state index contributed by atoms with van der Waals surface area (Å²) < 4.78 is 11.8. The summed E-state index contributed by atoms with van der Waals surface area (Å²) in [6.45, 7) is 5.19. The van der Waals surface area contributed by atoms with Gasteiger partial charge in [0.1, 0.15) is 6.61 Å². The van der Waals surface area contributed by atoms with Gasteiger partial charge in [0.15, 0.2) is 16.7 Å². The van der Waals surface area contributed by atoms with Crippen molar-refractivity contribution >= 4 is 46.2 Å². The summed E-state index contributed by atoms with van der Waals surface area (Å²) >= 11 is 7.59. The van der Waals surface area contributed by atoms with Crippen LogP contribution in [0.1, 0.15) is 25.0 Å². The summed E-state index contributed by atoms with van der Waals surface area (Å²) in [6.07, 6.45) is 5.21. The number of carbonyl (C=O) groups is 1. The van der Waals surface area contributed by atoms with Crippen molar-refractivity contribution in [1.29, 1.82) is 0 Å². The van der Waals surface area contributed by atoms with Crippen LogP contribution in [-0.4, -0.2) is 34.1 Å². The van der Waals surface area contributed by atoms with Crippen LogP contribution in [0.25, 0.3) is 6.08 Å². The lowest BCUT2D eigenvalue weighted by Gasteiger charge is -2.13. The average Bonchev–Trinajstić information content (AvgIpc) is 3.13. The maximum absolute atomic E-state index is 13.0. The zero-order valence-corrected chi connectivity index (χ0v) is 20.5. The van der Waals surface area contributed by atoms with Crippen LogP contribution in [0.5, 0.6) is 11.5 Å². The predicted octanol–water partition coefficient (Wildman–Crippen LogP) is 6.34. The molecular weight excluding hydrogens is 470 g/mol. The van der Waals surface area contributed by atoms with E-state index in [1.807, 2.05) is 74.5 Å². The third-order valence-electron chi connectivity index (χ3n) is 4.98. The summed E-state index contributed by atoms with van der Waals surface area (Å²) in [4.78, 5) is 23.9. The molecule has 0 atom stereocenters. The fraction of sp³-hybridized carbons (Fsp3) is 0.192. The topological polar surface area (TPSA) is 64.0 Å². The highest BCUT2D eigenvalue weighted by Crippen LogP contribution is 2.36. The molecule has 4 rings (SSSR count). The number of ether oxygens (including phenoxy) is 2. The molecule has 0 saturated carbocycles. The van der Waals surface area contributed by atoms with Gasteiger partial charge >= 0.3 is 0 Å². The van der Waals surface area contributed by atoms with E-state index in [2.05, 4.69) is 9.98 Å². The van der Waals surface area contributed by atoms with Crippen molar-refractivity contribution in [3.8, 4) is 11.5 Å². The van der Waals surface area contributed by atoms with Crippen molar-refractivity contribution in [2.45, 2.75) is 20.5 Å². The molecule has 0 N–H and O–H groups in total. The number of nitrogens with zero attached hydrogens (tertiary/aromatic N) is 3. The molecule has 0 radical (unpaired) electrons. The van der Waals surface area contributed by atoms with E-state index in [9.17, 15) is 4.79 Å². The fourth-order valence-electron chi connectivity index (χ4n) is 3.32. The van der Waals surface area contributed by atoms with Gasteiger partial charge in [-0.25, -0.2) is 4.99 Å². The Hall–Kier alpha value is -3.29. The van der Waals surface area contributed by atoms with Crippen LogP contribution >= 0.6 is 23.4 Å². The van der Waals surface area contributed by atoms with Crippen LogP contribution in [0.15, 0.2) is 76.9 Å². The Morgan fingerprint density at radius 1 is 1.09 bits per heavy atom. The second kappa shape index (κ2) is 11.2. The lowest BCUT2D eigenvalue weighted by Crippen LogP contribution is -2.28. The number of carbonyl (C=O) groups excluding carboxylic acids is 1. The highest BCUT2D eigenvalue weighted by atomic mass is 35.5. The van der Waals surface area contributed by atoms with Gasteiger partial charge in [0, 0.05) is 23.3 Å². The molecule has 8 heteroatoms. The van der Waals surface area contributed by atoms with Crippen LogP contribution in [0.2, 0.25) is 5.02 Å². The molecule has 0 aliphatic carbocycles. The number of pyridine rings is 1. The molecule has 0 spiro atoms. The lowest BCUT2D eigenvalue weighted by molar-refractivity contribution is -0.122. The molecule has 6 nitrogen and oxygen atoms in total. The zero-order chi connectivity index (χ0) is 23.9. The normalized spacial score (nSPS) is 15.9. The number of amidine groups is 1. The number of likely N-dealkylation sites (N-methyl/N-ethyl adjacent to an activating group) is 1. The molecular formula is C26H24ClN3O3S. The summed E-state index contributed by atoms with van der Waals surface area (Å²) in [5, 5.41) is 1.29. The summed E-state index contributed by atoms with van der Waals surface area (Å²) in [6, 6.07) is 16.9. The van der Waals surface area contributed by atoms with E-state index in [1.54, 1.807) is 17.3 Å². The van der Waals surface area contributed by atoms with Crippen molar-refractivity contribution in [1.82, 2.24) is 9.88 Å². The van der Waals surface area contributed by atoms with Gasteiger partial charge in [-0.15, -0.1) is 0 Å². The number of thioether (sulfide) groups is 1. The van der Waals surface area contributed by atoms with Gasteiger partial charge in [0.25, 0.3) is 5.91 Å². The highest BCUT2D eigenvalue weighted by molar-refractivity contribution is 8.18. The molecule has 1 amide bonds. The standard InChI is InChI=1S/C26H24ClN3O3S/c1-3-30-25(31)24(34-26(30)29-20-9-7-13-28-16-20)15-18-11-12-22(23(14-18)32-4-2)33-17-19-8-5-6-10-21(19)27/h5-16H,3-4,17H2,1-2H3/b24-15-,29-26?. The average molecular weight is 494 g/mol. The fourth-order valence-corrected chi connectivity index (χ4v) is 4.58. The third kappa shape index (κ3) is 5.61. The zero-order valence-electron chi connectivity index (χ0n) is 18.9. The first-order chi connectivity index (χ1) is 16.6. The van der Waals surface area contributed by atoms with Gasteiger partial charge in [-0.2, -0.15) is 0 Å². The Morgan fingerprint density at radius 2 is 1.94 bits per heavy atom. The van der Waals surface area contributed by atoms with Crippen LogP contribution < -0.4 is 9.47 Å². The Labute approximate surface area is 208 Å². The first-order valence-corrected chi connectivity index (χ1v) is 12.1. The quantitative estimate of drug-likeness (QED) is 0.343. The van der Waals surface area contributed by atoms with Gasteiger partial charge in [0.05, 0.1) is 23.4 Å². The monoisotopic (exact) mass is 493 g/mol. The molecule has 0 unspecified atom stereocenters. The van der Waals surface area contributed by atoms with Crippen LogP contribution in [-0.2, 0) is 11.4 Å². The predicted molar refractivity (Wildman–Crippen MR) is 138 cm³/mol. The lowest BCUT2D eigenvalue weighted by atomic mass is 10.1. The van der Waals surface area contributed by atoms with E-state index in [0.717, 1.165) is 11.1 Å². The van der Waals surface area contributed by atoms with Crippen molar-refractivity contribution in [2.24, 2.45) is 4.99 Å². The van der Waals surface area contributed by atoms with E-state index < -0.39 is 0 Å². The summed E-state index contributed by atoms with van der Waals surface area (Å²) in [5.41, 5.74) is 2.44. The summed E-state index contributed by atoms with van der Waals surface area (Å²) in [5.74, 6) is 1.14. The molecule has 2 heterocycles. The maximum atomic E-state index is 13.0. The smallest absolute Gasteiger partial charge is 0.266 e. The number of hydrogen-bond donors (Lipinski definition) is 0. The van der Waals surface area contributed by atoms with E-state index >= 15 is 0 Å². The molecule has 1 aromatic heterocycles. The van der Waals surface area contributed by atoms with Crippen molar-refractivity contribution in [3.63, 3.8) is 0 Å². The highest BCUT2D eigenvalue weighted by Gasteiger charge is 2.32. The van der Waals surface area contributed by atoms with E-state index in [1.165, 1.54) is 11.8 Å². The number of rotatable bonds is 8. The van der Waals surface area contributed by atoms with Crippen molar-refractivity contribution in [2.75, 3.05) is 13.2 Å². The van der Waals surface area contributed by atoms with Gasteiger partial charge in [-0.3, -0.25) is 14.7 Å². The number of aromatic nitrogens is 1.